The highest BCUT2D eigenvalue weighted by molar-refractivity contribution is 6.17. The molecule has 0 unspecified atom stereocenters. The minimum atomic E-state index is -1.16. The van der Waals surface area contributed by atoms with E-state index in [1.807, 2.05) is 0 Å². The second-order valence-electron chi connectivity index (χ2n) is 4.69. The first-order chi connectivity index (χ1) is 11.0. The molecule has 1 N–H and O–H groups in total. The molecule has 0 aliphatic heterocycles. The minimum absolute atomic E-state index is 0.0519. The lowest BCUT2D eigenvalue weighted by atomic mass is 10.0. The highest BCUT2D eigenvalue weighted by atomic mass is 16.5. The molecule has 5 heteroatoms. The van der Waals surface area contributed by atoms with Crippen LogP contribution in [0.5, 0.6) is 5.75 Å². The van der Waals surface area contributed by atoms with Crippen LogP contribution in [0.15, 0.2) is 60.4 Å². The average molecular weight is 312 g/mol. The van der Waals surface area contributed by atoms with Crippen LogP contribution in [0.4, 0.5) is 0 Å². The van der Waals surface area contributed by atoms with Crippen LogP contribution in [0.3, 0.4) is 0 Å². The first kappa shape index (κ1) is 16.3. The van der Waals surface area contributed by atoms with E-state index in [9.17, 15) is 14.7 Å². The highest BCUT2D eigenvalue weighted by Crippen LogP contribution is 2.29. The number of carbonyl (C=O) groups is 2. The predicted molar refractivity (Wildman–Crippen MR) is 85.1 cm³/mol. The van der Waals surface area contributed by atoms with Gasteiger partial charge in [-0.05, 0) is 25.1 Å². The number of carboxylic acid groups (broad SMARTS) is 1. The molecule has 0 saturated heterocycles. The molecule has 0 bridgehead atoms. The smallest absolute Gasteiger partial charge is 0.343 e. The maximum Gasteiger partial charge on any atom is 0.343 e. The number of methoxy groups -OCH3 is 1. The largest absolute Gasteiger partial charge is 0.500 e. The van der Waals surface area contributed by atoms with Crippen molar-refractivity contribution >= 4 is 17.5 Å². The van der Waals surface area contributed by atoms with Gasteiger partial charge in [-0.1, -0.05) is 36.4 Å². The molecule has 118 valence electrons. The topological polar surface area (TPSA) is 72.8 Å². The Morgan fingerprint density at radius 1 is 0.957 bits per heavy atom. The molecule has 0 saturated carbocycles. The van der Waals surface area contributed by atoms with Crippen molar-refractivity contribution in [3.8, 4) is 5.75 Å². The number of ether oxygens (including phenoxy) is 2. The summed E-state index contributed by atoms with van der Waals surface area (Å²) in [6.07, 6.45) is 0. The summed E-state index contributed by atoms with van der Waals surface area (Å²) in [4.78, 5) is 23.7. The number of rotatable bonds is 5. The van der Waals surface area contributed by atoms with Crippen LogP contribution in [0, 0.1) is 0 Å². The van der Waals surface area contributed by atoms with Gasteiger partial charge in [0.05, 0.1) is 12.7 Å². The Morgan fingerprint density at radius 2 is 1.57 bits per heavy atom. The quantitative estimate of drug-likeness (QED) is 0.396. The van der Waals surface area contributed by atoms with Crippen LogP contribution >= 0.6 is 0 Å². The molecule has 0 amide bonds. The third-order valence-electron chi connectivity index (χ3n) is 3.24. The molecule has 0 heterocycles. The van der Waals surface area contributed by atoms with Gasteiger partial charge in [-0.25, -0.2) is 9.59 Å². The van der Waals surface area contributed by atoms with Crippen LogP contribution in [0.25, 0.3) is 5.57 Å². The maximum absolute atomic E-state index is 12.2. The summed E-state index contributed by atoms with van der Waals surface area (Å²) in [5.74, 6) is -1.33. The number of hydrogen-bond acceptors (Lipinski definition) is 4. The number of esters is 1. The van der Waals surface area contributed by atoms with Gasteiger partial charge in [0.1, 0.15) is 17.1 Å². The molecule has 0 aromatic heterocycles. The number of hydrogen-bond donors (Lipinski definition) is 1. The fourth-order valence-corrected chi connectivity index (χ4v) is 2.05. The van der Waals surface area contributed by atoms with E-state index in [2.05, 4.69) is 0 Å². The summed E-state index contributed by atoms with van der Waals surface area (Å²) in [6.45, 7) is 1.54. The van der Waals surface area contributed by atoms with E-state index < -0.39 is 11.9 Å². The van der Waals surface area contributed by atoms with Gasteiger partial charge in [-0.3, -0.25) is 0 Å². The molecule has 0 radical (unpaired) electrons. The molecule has 0 aliphatic carbocycles. The van der Waals surface area contributed by atoms with Crippen LogP contribution < -0.4 is 4.74 Å². The average Bonchev–Trinajstić information content (AvgIpc) is 2.56. The first-order valence-corrected chi connectivity index (χ1v) is 6.89. The van der Waals surface area contributed by atoms with E-state index in [1.165, 1.54) is 7.11 Å². The van der Waals surface area contributed by atoms with Crippen LogP contribution in [0.2, 0.25) is 0 Å². The van der Waals surface area contributed by atoms with Gasteiger partial charge in [0.25, 0.3) is 0 Å². The fraction of sp³-hybridized carbons (Fsp3) is 0.111. The molecule has 2 aromatic carbocycles. The van der Waals surface area contributed by atoms with Gasteiger partial charge in [-0.15, -0.1) is 0 Å². The number of para-hydroxylation sites is 1. The van der Waals surface area contributed by atoms with Gasteiger partial charge in [0.15, 0.2) is 0 Å². The SMILES string of the molecule is COC(C)=C(C(=O)O)c1ccccc1OC(=O)c1ccccc1. The van der Waals surface area contributed by atoms with Crippen molar-refractivity contribution < 1.29 is 24.2 Å². The predicted octanol–water partition coefficient (Wildman–Crippen LogP) is 3.37. The first-order valence-electron chi connectivity index (χ1n) is 6.89. The van der Waals surface area contributed by atoms with E-state index >= 15 is 0 Å². The number of aliphatic carboxylic acids is 1. The Bertz CT molecular complexity index is 747. The molecule has 23 heavy (non-hydrogen) atoms. The second kappa shape index (κ2) is 7.26. The van der Waals surface area contributed by atoms with Crippen molar-refractivity contribution in [3.05, 3.63) is 71.5 Å². The summed E-state index contributed by atoms with van der Waals surface area (Å²) in [5.41, 5.74) is 0.610. The second-order valence-corrected chi connectivity index (χ2v) is 4.69. The number of carboxylic acids is 1. The summed E-state index contributed by atoms with van der Waals surface area (Å²) in [5, 5.41) is 9.43. The summed E-state index contributed by atoms with van der Waals surface area (Å²) >= 11 is 0. The monoisotopic (exact) mass is 312 g/mol. The molecule has 5 nitrogen and oxygen atoms in total. The van der Waals surface area contributed by atoms with Crippen molar-refractivity contribution in [1.29, 1.82) is 0 Å². The summed E-state index contributed by atoms with van der Waals surface area (Å²) < 4.78 is 10.4. The molecule has 0 aliphatic rings. The van der Waals surface area contributed by atoms with Crippen LogP contribution in [0.1, 0.15) is 22.8 Å². The lowest BCUT2D eigenvalue weighted by Gasteiger charge is -2.12. The van der Waals surface area contributed by atoms with E-state index in [-0.39, 0.29) is 22.6 Å². The van der Waals surface area contributed by atoms with Gasteiger partial charge in [0.2, 0.25) is 0 Å². The van der Waals surface area contributed by atoms with Crippen LogP contribution in [-0.2, 0) is 9.53 Å². The molecule has 0 spiro atoms. The Morgan fingerprint density at radius 3 is 2.17 bits per heavy atom. The third kappa shape index (κ3) is 3.77. The molecule has 0 atom stereocenters. The maximum atomic E-state index is 12.2. The van der Waals surface area contributed by atoms with Crippen molar-refractivity contribution in [1.82, 2.24) is 0 Å². The Hall–Kier alpha value is -3.08. The minimum Gasteiger partial charge on any atom is -0.500 e. The zero-order valence-corrected chi connectivity index (χ0v) is 12.8. The zero-order valence-electron chi connectivity index (χ0n) is 12.8. The van der Waals surface area contributed by atoms with Gasteiger partial charge in [0, 0.05) is 5.56 Å². The van der Waals surface area contributed by atoms with Crippen LogP contribution in [-0.4, -0.2) is 24.2 Å². The Labute approximate surface area is 133 Å². The number of benzene rings is 2. The molecular formula is C18H16O5. The normalized spacial score (nSPS) is 11.4. The lowest BCUT2D eigenvalue weighted by molar-refractivity contribution is -0.130. The fourth-order valence-electron chi connectivity index (χ4n) is 2.05. The summed E-state index contributed by atoms with van der Waals surface area (Å²) in [7, 11) is 1.39. The molecule has 0 fully saturated rings. The van der Waals surface area contributed by atoms with Gasteiger partial charge < -0.3 is 14.6 Å². The summed E-state index contributed by atoms with van der Waals surface area (Å²) in [6, 6.07) is 14.9. The van der Waals surface area contributed by atoms with Crippen molar-refractivity contribution in [2.45, 2.75) is 6.92 Å². The number of carbonyl (C=O) groups excluding carboxylic acids is 1. The van der Waals surface area contributed by atoms with E-state index in [0.717, 1.165) is 0 Å². The van der Waals surface area contributed by atoms with Gasteiger partial charge >= 0.3 is 11.9 Å². The van der Waals surface area contributed by atoms with E-state index in [4.69, 9.17) is 9.47 Å². The third-order valence-corrected chi connectivity index (χ3v) is 3.24. The Balaban J connectivity index is 2.42. The molecule has 2 rings (SSSR count). The van der Waals surface area contributed by atoms with Gasteiger partial charge in [-0.2, -0.15) is 0 Å². The zero-order chi connectivity index (χ0) is 16.8. The highest BCUT2D eigenvalue weighted by Gasteiger charge is 2.21. The van der Waals surface area contributed by atoms with Crippen molar-refractivity contribution in [3.63, 3.8) is 0 Å². The van der Waals surface area contributed by atoms with Crippen molar-refractivity contribution in [2.24, 2.45) is 0 Å². The molecule has 2 aromatic rings. The van der Waals surface area contributed by atoms with Crippen molar-refractivity contribution in [2.75, 3.05) is 7.11 Å². The van der Waals surface area contributed by atoms with E-state index in [0.29, 0.717) is 5.56 Å². The van der Waals surface area contributed by atoms with E-state index in [1.54, 1.807) is 61.5 Å². The lowest BCUT2D eigenvalue weighted by Crippen LogP contribution is -2.11. The standard InChI is InChI=1S/C18H16O5/c1-12(22-2)16(17(19)20)14-10-6-7-11-15(14)23-18(21)13-8-4-3-5-9-13/h3-11H,1-2H3,(H,19,20). The Kier molecular flexibility index (Phi) is 5.15. The molecular weight excluding hydrogens is 296 g/mol. The number of allylic oxidation sites excluding steroid dienone is 1.